The Bertz CT molecular complexity index is 833. The molecule has 0 amide bonds. The zero-order valence-corrected chi connectivity index (χ0v) is 12.7. The number of benzene rings is 2. The van der Waals surface area contributed by atoms with Crippen molar-refractivity contribution in [3.8, 4) is 23.0 Å². The number of nitrogens with zero attached hydrogens (tertiary/aromatic N) is 2. The second-order valence-electron chi connectivity index (χ2n) is 4.65. The molecule has 0 aliphatic rings. The van der Waals surface area contributed by atoms with Gasteiger partial charge in [-0.3, -0.25) is 4.79 Å². The third-order valence-corrected chi connectivity index (χ3v) is 3.87. The standard InChI is InChI=1S/C16H12N2O4S/c19-12-7-6-11(8-13(12)20)14(21)9-23-16-18-17-15(22-16)10-4-2-1-3-5-10/h1-8,19-20H,9H2. The van der Waals surface area contributed by atoms with Gasteiger partial charge in [0.2, 0.25) is 5.89 Å². The summed E-state index contributed by atoms with van der Waals surface area (Å²) in [5.41, 5.74) is 1.11. The number of hydrogen-bond acceptors (Lipinski definition) is 7. The highest BCUT2D eigenvalue weighted by molar-refractivity contribution is 7.99. The van der Waals surface area contributed by atoms with E-state index in [1.54, 1.807) is 0 Å². The molecular formula is C16H12N2O4S. The smallest absolute Gasteiger partial charge is 0.277 e. The van der Waals surface area contributed by atoms with Gasteiger partial charge in [-0.2, -0.15) is 0 Å². The summed E-state index contributed by atoms with van der Waals surface area (Å²) in [6.45, 7) is 0. The Morgan fingerprint density at radius 1 is 1.04 bits per heavy atom. The first kappa shape index (κ1) is 15.1. The van der Waals surface area contributed by atoms with Crippen LogP contribution in [0.2, 0.25) is 0 Å². The van der Waals surface area contributed by atoms with E-state index in [0.29, 0.717) is 16.7 Å². The lowest BCUT2D eigenvalue weighted by Crippen LogP contribution is -2.01. The van der Waals surface area contributed by atoms with Crippen molar-refractivity contribution in [1.29, 1.82) is 0 Å². The quantitative estimate of drug-likeness (QED) is 0.422. The van der Waals surface area contributed by atoms with Crippen LogP contribution in [0.3, 0.4) is 0 Å². The zero-order chi connectivity index (χ0) is 16.2. The Morgan fingerprint density at radius 3 is 2.57 bits per heavy atom. The van der Waals surface area contributed by atoms with Gasteiger partial charge in [0.05, 0.1) is 5.75 Å². The van der Waals surface area contributed by atoms with Gasteiger partial charge in [-0.15, -0.1) is 10.2 Å². The molecule has 116 valence electrons. The summed E-state index contributed by atoms with van der Waals surface area (Å²) in [5.74, 6) is -0.336. The van der Waals surface area contributed by atoms with Crippen LogP contribution in [-0.2, 0) is 0 Å². The van der Waals surface area contributed by atoms with Gasteiger partial charge in [-0.25, -0.2) is 0 Å². The number of phenols is 2. The predicted octanol–water partition coefficient (Wildman–Crippen LogP) is 3.12. The van der Waals surface area contributed by atoms with E-state index < -0.39 is 0 Å². The van der Waals surface area contributed by atoms with E-state index in [-0.39, 0.29) is 23.0 Å². The maximum atomic E-state index is 12.1. The number of phenolic OH excluding ortho intramolecular Hbond substituents is 2. The van der Waals surface area contributed by atoms with Crippen LogP contribution in [0.4, 0.5) is 0 Å². The van der Waals surface area contributed by atoms with E-state index in [1.165, 1.54) is 18.2 Å². The Balaban J connectivity index is 1.65. The van der Waals surface area contributed by atoms with Crippen molar-refractivity contribution in [3.05, 3.63) is 54.1 Å². The van der Waals surface area contributed by atoms with Crippen LogP contribution < -0.4 is 0 Å². The predicted molar refractivity (Wildman–Crippen MR) is 84.6 cm³/mol. The van der Waals surface area contributed by atoms with Crippen molar-refractivity contribution in [2.24, 2.45) is 0 Å². The van der Waals surface area contributed by atoms with Gasteiger partial charge in [0, 0.05) is 11.1 Å². The van der Waals surface area contributed by atoms with E-state index in [1.807, 2.05) is 30.3 Å². The fourth-order valence-corrected chi connectivity index (χ4v) is 2.53. The van der Waals surface area contributed by atoms with Crippen LogP contribution in [0.15, 0.2) is 58.2 Å². The maximum absolute atomic E-state index is 12.1. The molecule has 3 aromatic rings. The van der Waals surface area contributed by atoms with E-state index in [9.17, 15) is 15.0 Å². The Kier molecular flexibility index (Phi) is 4.29. The average molecular weight is 328 g/mol. The number of Topliss-reactive ketones (excluding diaryl/α,β-unsaturated/α-hetero) is 1. The maximum Gasteiger partial charge on any atom is 0.277 e. The topological polar surface area (TPSA) is 96.5 Å². The molecule has 1 aromatic heterocycles. The second kappa shape index (κ2) is 6.53. The Labute approximate surface area is 135 Å². The second-order valence-corrected chi connectivity index (χ2v) is 5.58. The number of ketones is 1. The van der Waals surface area contributed by atoms with Gasteiger partial charge < -0.3 is 14.6 Å². The van der Waals surface area contributed by atoms with Crippen molar-refractivity contribution in [2.45, 2.75) is 5.22 Å². The molecule has 0 aliphatic heterocycles. The molecule has 2 aromatic carbocycles. The molecule has 0 unspecified atom stereocenters. The van der Waals surface area contributed by atoms with Crippen molar-refractivity contribution >= 4 is 17.5 Å². The zero-order valence-electron chi connectivity index (χ0n) is 11.8. The summed E-state index contributed by atoms with van der Waals surface area (Å²) in [6.07, 6.45) is 0. The van der Waals surface area contributed by atoms with Crippen LogP contribution in [0.1, 0.15) is 10.4 Å². The summed E-state index contributed by atoms with van der Waals surface area (Å²) in [5, 5.41) is 26.8. The minimum absolute atomic E-state index is 0.0840. The summed E-state index contributed by atoms with van der Waals surface area (Å²) < 4.78 is 5.50. The first-order valence-corrected chi connectivity index (χ1v) is 7.69. The normalized spacial score (nSPS) is 10.6. The lowest BCUT2D eigenvalue weighted by molar-refractivity contribution is 0.102. The lowest BCUT2D eigenvalue weighted by Gasteiger charge is -2.01. The third-order valence-electron chi connectivity index (χ3n) is 3.05. The Hall–Kier alpha value is -2.80. The summed E-state index contributed by atoms with van der Waals surface area (Å²) in [6, 6.07) is 13.3. The molecule has 0 aliphatic carbocycles. The van der Waals surface area contributed by atoms with Crippen LogP contribution in [0.25, 0.3) is 11.5 Å². The molecule has 1 heterocycles. The number of rotatable bonds is 5. The molecule has 2 N–H and O–H groups in total. The van der Waals surface area contributed by atoms with Crippen LogP contribution in [0.5, 0.6) is 11.5 Å². The molecule has 0 spiro atoms. The number of carbonyl (C=O) groups excluding carboxylic acids is 1. The molecule has 0 fully saturated rings. The Morgan fingerprint density at radius 2 is 1.83 bits per heavy atom. The molecule has 0 radical (unpaired) electrons. The van der Waals surface area contributed by atoms with Gasteiger partial charge in [-0.1, -0.05) is 30.0 Å². The van der Waals surface area contributed by atoms with Crippen molar-refractivity contribution in [1.82, 2.24) is 10.2 Å². The lowest BCUT2D eigenvalue weighted by atomic mass is 10.1. The fourth-order valence-electron chi connectivity index (χ4n) is 1.87. The molecule has 6 nitrogen and oxygen atoms in total. The number of aromatic nitrogens is 2. The highest BCUT2D eigenvalue weighted by Crippen LogP contribution is 2.27. The molecule has 3 rings (SSSR count). The van der Waals surface area contributed by atoms with Crippen molar-refractivity contribution in [3.63, 3.8) is 0 Å². The number of thioether (sulfide) groups is 1. The molecule has 0 bridgehead atoms. The highest BCUT2D eigenvalue weighted by Gasteiger charge is 2.13. The molecule has 0 saturated carbocycles. The van der Waals surface area contributed by atoms with Crippen LogP contribution >= 0.6 is 11.8 Å². The molecule has 0 saturated heterocycles. The summed E-state index contributed by atoms with van der Waals surface area (Å²) in [4.78, 5) is 12.1. The first-order valence-electron chi connectivity index (χ1n) is 6.70. The first-order chi connectivity index (χ1) is 11.1. The van der Waals surface area contributed by atoms with E-state index in [0.717, 1.165) is 17.3 Å². The van der Waals surface area contributed by atoms with Gasteiger partial charge >= 0.3 is 0 Å². The van der Waals surface area contributed by atoms with Crippen molar-refractivity contribution in [2.75, 3.05) is 5.75 Å². The SMILES string of the molecule is O=C(CSc1nnc(-c2ccccc2)o1)c1ccc(O)c(O)c1. The molecular weight excluding hydrogens is 316 g/mol. The van der Waals surface area contributed by atoms with Gasteiger partial charge in [0.25, 0.3) is 5.22 Å². The van der Waals surface area contributed by atoms with Crippen molar-refractivity contribution < 1.29 is 19.4 Å². The largest absolute Gasteiger partial charge is 0.504 e. The fraction of sp³-hybridized carbons (Fsp3) is 0.0625. The van der Waals surface area contributed by atoms with Gasteiger partial charge in [-0.05, 0) is 30.3 Å². The monoisotopic (exact) mass is 328 g/mol. The minimum Gasteiger partial charge on any atom is -0.504 e. The van der Waals surface area contributed by atoms with E-state index >= 15 is 0 Å². The average Bonchev–Trinajstić information content (AvgIpc) is 3.05. The number of hydrogen-bond donors (Lipinski definition) is 2. The van der Waals surface area contributed by atoms with Crippen LogP contribution in [-0.4, -0.2) is 31.9 Å². The summed E-state index contributed by atoms with van der Waals surface area (Å²) >= 11 is 1.11. The van der Waals surface area contributed by atoms with Gasteiger partial charge in [0.1, 0.15) is 0 Å². The molecule has 23 heavy (non-hydrogen) atoms. The highest BCUT2D eigenvalue weighted by atomic mass is 32.2. The summed E-state index contributed by atoms with van der Waals surface area (Å²) in [7, 11) is 0. The van der Waals surface area contributed by atoms with E-state index in [2.05, 4.69) is 10.2 Å². The number of aromatic hydroxyl groups is 2. The van der Waals surface area contributed by atoms with E-state index in [4.69, 9.17) is 4.42 Å². The van der Waals surface area contributed by atoms with Crippen LogP contribution in [0, 0.1) is 0 Å². The molecule has 7 heteroatoms. The minimum atomic E-state index is -0.329. The number of carbonyl (C=O) groups is 1. The van der Waals surface area contributed by atoms with Gasteiger partial charge in [0.15, 0.2) is 17.3 Å². The molecule has 0 atom stereocenters. The third kappa shape index (κ3) is 3.51.